The maximum atomic E-state index is 11.8. The van der Waals surface area contributed by atoms with Crippen molar-refractivity contribution < 1.29 is 13.9 Å². The Morgan fingerprint density at radius 1 is 1.67 bits per heavy atom. The van der Waals surface area contributed by atoms with Gasteiger partial charge in [0.15, 0.2) is 12.1 Å². The van der Waals surface area contributed by atoms with E-state index in [-0.39, 0.29) is 5.91 Å². The molecule has 1 aliphatic heterocycles. The van der Waals surface area contributed by atoms with Gasteiger partial charge in [-0.3, -0.25) is 4.79 Å². The van der Waals surface area contributed by atoms with E-state index in [2.05, 4.69) is 22.2 Å². The fraction of sp³-hybridized carbons (Fsp3) is 0.667. The standard InChI is InChI=1S/C12H19N3O3/c1-9-11(14-8-18-9)12(16)13-5-10-6-15(2)3-4-17-7-10/h8,10H,3-7H2,1-2H3,(H,13,16)/t10-/m1/s1. The molecule has 2 heterocycles. The van der Waals surface area contributed by atoms with Crippen molar-refractivity contribution in [2.45, 2.75) is 6.92 Å². The topological polar surface area (TPSA) is 67.6 Å². The Morgan fingerprint density at radius 2 is 2.50 bits per heavy atom. The van der Waals surface area contributed by atoms with E-state index in [9.17, 15) is 4.79 Å². The molecular weight excluding hydrogens is 234 g/mol. The van der Waals surface area contributed by atoms with Crippen molar-refractivity contribution in [2.24, 2.45) is 5.92 Å². The first-order chi connectivity index (χ1) is 8.66. The van der Waals surface area contributed by atoms with Crippen molar-refractivity contribution in [1.29, 1.82) is 0 Å². The summed E-state index contributed by atoms with van der Waals surface area (Å²) in [5.74, 6) is 0.670. The van der Waals surface area contributed by atoms with Crippen LogP contribution in [0.2, 0.25) is 0 Å². The highest BCUT2D eigenvalue weighted by Crippen LogP contribution is 2.06. The average molecular weight is 253 g/mol. The van der Waals surface area contributed by atoms with E-state index in [4.69, 9.17) is 9.15 Å². The Kier molecular flexibility index (Phi) is 4.33. The second-order valence-corrected chi connectivity index (χ2v) is 4.67. The molecule has 1 amide bonds. The molecule has 6 heteroatoms. The fourth-order valence-electron chi connectivity index (χ4n) is 2.02. The SMILES string of the molecule is Cc1ocnc1C(=O)NC[C@H]1COCCN(C)C1. The van der Waals surface area contributed by atoms with Crippen LogP contribution in [-0.4, -0.2) is 55.7 Å². The summed E-state index contributed by atoms with van der Waals surface area (Å²) in [6.45, 7) is 5.62. The van der Waals surface area contributed by atoms with Gasteiger partial charge in [0, 0.05) is 25.6 Å². The summed E-state index contributed by atoms with van der Waals surface area (Å²) in [5, 5.41) is 2.88. The third-order valence-corrected chi connectivity index (χ3v) is 3.05. The van der Waals surface area contributed by atoms with Gasteiger partial charge in [0.2, 0.25) is 0 Å². The lowest BCUT2D eigenvalue weighted by molar-refractivity contribution is 0.0916. The smallest absolute Gasteiger partial charge is 0.273 e. The minimum Gasteiger partial charge on any atom is -0.448 e. The van der Waals surface area contributed by atoms with Gasteiger partial charge in [-0.05, 0) is 14.0 Å². The van der Waals surface area contributed by atoms with E-state index in [0.29, 0.717) is 30.5 Å². The molecule has 1 fully saturated rings. The van der Waals surface area contributed by atoms with Crippen molar-refractivity contribution in [1.82, 2.24) is 15.2 Å². The molecule has 0 unspecified atom stereocenters. The number of rotatable bonds is 3. The normalized spacial score (nSPS) is 21.6. The Bertz CT molecular complexity index is 405. The first-order valence-electron chi connectivity index (χ1n) is 6.11. The number of aromatic nitrogens is 1. The van der Waals surface area contributed by atoms with E-state index in [1.807, 2.05) is 0 Å². The van der Waals surface area contributed by atoms with Crippen LogP contribution in [0.4, 0.5) is 0 Å². The van der Waals surface area contributed by atoms with Gasteiger partial charge in [-0.2, -0.15) is 0 Å². The van der Waals surface area contributed by atoms with Crippen LogP contribution in [0.5, 0.6) is 0 Å². The lowest BCUT2D eigenvalue weighted by Crippen LogP contribution is -2.36. The Hall–Kier alpha value is -1.40. The van der Waals surface area contributed by atoms with Crippen molar-refractivity contribution in [2.75, 3.05) is 39.9 Å². The first kappa shape index (κ1) is 13.0. The summed E-state index contributed by atoms with van der Waals surface area (Å²) in [7, 11) is 2.06. The number of nitrogens with zero attached hydrogens (tertiary/aromatic N) is 2. The van der Waals surface area contributed by atoms with Crippen LogP contribution < -0.4 is 5.32 Å². The minimum absolute atomic E-state index is 0.187. The Morgan fingerprint density at radius 3 is 3.22 bits per heavy atom. The molecule has 0 saturated carbocycles. The predicted octanol–water partition coefficient (Wildman–Crippen LogP) is 0.291. The van der Waals surface area contributed by atoms with Gasteiger partial charge < -0.3 is 19.4 Å². The summed E-state index contributed by atoms with van der Waals surface area (Å²) in [4.78, 5) is 18.0. The maximum Gasteiger partial charge on any atom is 0.273 e. The van der Waals surface area contributed by atoms with E-state index in [1.165, 1.54) is 6.39 Å². The number of hydrogen-bond donors (Lipinski definition) is 1. The predicted molar refractivity (Wildman–Crippen MR) is 65.4 cm³/mol. The number of carbonyl (C=O) groups is 1. The van der Waals surface area contributed by atoms with Gasteiger partial charge in [0.05, 0.1) is 13.2 Å². The molecule has 0 radical (unpaired) electrons. The number of carbonyl (C=O) groups excluding carboxylic acids is 1. The minimum atomic E-state index is -0.187. The molecule has 2 rings (SSSR count). The zero-order valence-corrected chi connectivity index (χ0v) is 10.8. The molecular formula is C12H19N3O3. The Labute approximate surface area is 106 Å². The second-order valence-electron chi connectivity index (χ2n) is 4.67. The number of ether oxygens (including phenoxy) is 1. The molecule has 1 aliphatic rings. The average Bonchev–Trinajstić information content (AvgIpc) is 2.65. The summed E-state index contributed by atoms with van der Waals surface area (Å²) < 4.78 is 10.5. The zero-order chi connectivity index (χ0) is 13.0. The molecule has 0 aromatic carbocycles. The lowest BCUT2D eigenvalue weighted by atomic mass is 10.1. The van der Waals surface area contributed by atoms with E-state index in [0.717, 1.165) is 19.7 Å². The third kappa shape index (κ3) is 3.30. The van der Waals surface area contributed by atoms with E-state index >= 15 is 0 Å². The van der Waals surface area contributed by atoms with Crippen LogP contribution in [0.3, 0.4) is 0 Å². The summed E-state index contributed by atoms with van der Waals surface area (Å²) >= 11 is 0. The molecule has 1 aromatic heterocycles. The molecule has 0 bridgehead atoms. The fourth-order valence-corrected chi connectivity index (χ4v) is 2.02. The molecule has 0 spiro atoms. The van der Waals surface area contributed by atoms with Gasteiger partial charge in [-0.1, -0.05) is 0 Å². The van der Waals surface area contributed by atoms with Gasteiger partial charge in [-0.15, -0.1) is 0 Å². The highest BCUT2D eigenvalue weighted by molar-refractivity contribution is 5.92. The van der Waals surface area contributed by atoms with E-state index < -0.39 is 0 Å². The molecule has 1 aromatic rings. The third-order valence-electron chi connectivity index (χ3n) is 3.05. The van der Waals surface area contributed by atoms with Crippen molar-refractivity contribution in [3.63, 3.8) is 0 Å². The largest absolute Gasteiger partial charge is 0.448 e. The molecule has 6 nitrogen and oxygen atoms in total. The lowest BCUT2D eigenvalue weighted by Gasteiger charge is -2.18. The molecule has 18 heavy (non-hydrogen) atoms. The first-order valence-corrected chi connectivity index (χ1v) is 6.11. The molecule has 1 atom stereocenters. The van der Waals surface area contributed by atoms with Crippen LogP contribution in [0, 0.1) is 12.8 Å². The number of oxazole rings is 1. The zero-order valence-electron chi connectivity index (χ0n) is 10.8. The highest BCUT2D eigenvalue weighted by atomic mass is 16.5. The van der Waals surface area contributed by atoms with Crippen LogP contribution in [0.1, 0.15) is 16.2 Å². The van der Waals surface area contributed by atoms with Crippen LogP contribution in [-0.2, 0) is 4.74 Å². The molecule has 1 N–H and O–H groups in total. The number of hydrogen-bond acceptors (Lipinski definition) is 5. The summed E-state index contributed by atoms with van der Waals surface area (Å²) in [5.41, 5.74) is 0.359. The van der Waals surface area contributed by atoms with Gasteiger partial charge in [0.1, 0.15) is 5.76 Å². The van der Waals surface area contributed by atoms with Gasteiger partial charge >= 0.3 is 0 Å². The van der Waals surface area contributed by atoms with Crippen molar-refractivity contribution in [3.05, 3.63) is 17.8 Å². The second kappa shape index (κ2) is 5.97. The van der Waals surface area contributed by atoms with E-state index in [1.54, 1.807) is 6.92 Å². The van der Waals surface area contributed by atoms with Crippen LogP contribution in [0.25, 0.3) is 0 Å². The van der Waals surface area contributed by atoms with Gasteiger partial charge in [-0.25, -0.2) is 4.98 Å². The van der Waals surface area contributed by atoms with Gasteiger partial charge in [0.25, 0.3) is 5.91 Å². The Balaban J connectivity index is 1.84. The van der Waals surface area contributed by atoms with Crippen LogP contribution in [0.15, 0.2) is 10.8 Å². The number of aryl methyl sites for hydroxylation is 1. The molecule has 0 aliphatic carbocycles. The summed E-state index contributed by atoms with van der Waals surface area (Å²) in [6.07, 6.45) is 1.28. The molecule has 100 valence electrons. The number of likely N-dealkylation sites (N-methyl/N-ethyl adjacent to an activating group) is 1. The number of nitrogens with one attached hydrogen (secondary N) is 1. The van der Waals surface area contributed by atoms with Crippen LogP contribution >= 0.6 is 0 Å². The van der Waals surface area contributed by atoms with Crippen molar-refractivity contribution >= 4 is 5.91 Å². The summed E-state index contributed by atoms with van der Waals surface area (Å²) in [6, 6.07) is 0. The quantitative estimate of drug-likeness (QED) is 0.838. The highest BCUT2D eigenvalue weighted by Gasteiger charge is 2.19. The maximum absolute atomic E-state index is 11.8. The number of amides is 1. The molecule has 1 saturated heterocycles. The van der Waals surface area contributed by atoms with Crippen molar-refractivity contribution in [3.8, 4) is 0 Å². The monoisotopic (exact) mass is 253 g/mol.